The van der Waals surface area contributed by atoms with E-state index in [2.05, 4.69) is 25.6 Å². The number of hydrogen-bond donors (Lipinski definition) is 2. The molecule has 0 unspecified atom stereocenters. The molecule has 29 heavy (non-hydrogen) atoms. The molecule has 1 amide bonds. The van der Waals surface area contributed by atoms with Gasteiger partial charge in [0.05, 0.1) is 12.7 Å². The molecule has 3 rings (SSSR count). The van der Waals surface area contributed by atoms with Crippen LogP contribution in [0.15, 0.2) is 60.7 Å². The van der Waals surface area contributed by atoms with Crippen LogP contribution in [0.25, 0.3) is 0 Å². The minimum absolute atomic E-state index is 0.0358. The van der Waals surface area contributed by atoms with E-state index in [1.807, 2.05) is 0 Å². The molecule has 0 radical (unpaired) electrons. The Bertz CT molecular complexity index is 1050. The molecular weight excluding hydrogens is 372 g/mol. The summed E-state index contributed by atoms with van der Waals surface area (Å²) >= 11 is 0. The largest absolute Gasteiger partial charge is 0.465 e. The van der Waals surface area contributed by atoms with E-state index < -0.39 is 11.9 Å². The van der Waals surface area contributed by atoms with Crippen LogP contribution in [0.5, 0.6) is 0 Å². The Morgan fingerprint density at radius 2 is 1.62 bits per heavy atom. The van der Waals surface area contributed by atoms with Crippen LogP contribution >= 0.6 is 0 Å². The first-order valence-electron chi connectivity index (χ1n) is 8.68. The Labute approximate surface area is 166 Å². The lowest BCUT2D eigenvalue weighted by atomic mass is 10.1. The fraction of sp³-hybridized carbons (Fsp3) is 0.0952. The first-order chi connectivity index (χ1) is 14.0. The first kappa shape index (κ1) is 19.7. The monoisotopic (exact) mass is 390 g/mol. The van der Waals surface area contributed by atoms with Crippen LogP contribution in [0.4, 0.5) is 17.2 Å². The minimum Gasteiger partial charge on any atom is -0.465 e. The number of nitrogens with one attached hydrogen (secondary N) is 2. The smallest absolute Gasteiger partial charge is 0.337 e. The number of carbonyl (C=O) groups excluding carboxylic acids is 3. The third kappa shape index (κ3) is 5.01. The molecule has 8 heteroatoms. The average molecular weight is 390 g/mol. The number of ketones is 1. The molecule has 3 aromatic rings. The zero-order valence-corrected chi connectivity index (χ0v) is 15.8. The fourth-order valence-electron chi connectivity index (χ4n) is 2.49. The number of carbonyl (C=O) groups is 3. The number of nitrogens with zero attached hydrogens (tertiary/aromatic N) is 2. The van der Waals surface area contributed by atoms with Gasteiger partial charge in [-0.3, -0.25) is 9.59 Å². The quantitative estimate of drug-likeness (QED) is 0.490. The summed E-state index contributed by atoms with van der Waals surface area (Å²) in [4.78, 5) is 35.2. The Morgan fingerprint density at radius 3 is 2.24 bits per heavy atom. The van der Waals surface area contributed by atoms with Gasteiger partial charge in [-0.15, -0.1) is 10.2 Å². The number of anilines is 3. The maximum Gasteiger partial charge on any atom is 0.337 e. The summed E-state index contributed by atoms with van der Waals surface area (Å²) in [6.07, 6.45) is 0. The molecule has 2 aromatic carbocycles. The maximum atomic E-state index is 12.3. The summed E-state index contributed by atoms with van der Waals surface area (Å²) in [6, 6.07) is 16.4. The van der Waals surface area contributed by atoms with Gasteiger partial charge in [-0.1, -0.05) is 12.1 Å². The van der Waals surface area contributed by atoms with Gasteiger partial charge >= 0.3 is 5.97 Å². The van der Waals surface area contributed by atoms with Crippen molar-refractivity contribution in [3.63, 3.8) is 0 Å². The summed E-state index contributed by atoms with van der Waals surface area (Å²) in [5, 5.41) is 13.6. The number of methoxy groups -OCH3 is 1. The molecule has 0 spiro atoms. The molecule has 0 saturated heterocycles. The number of Topliss-reactive ketones (excluding diaryl/α,β-unsaturated/α-hetero) is 1. The fourth-order valence-corrected chi connectivity index (χ4v) is 2.49. The number of esters is 1. The molecule has 0 bridgehead atoms. The van der Waals surface area contributed by atoms with Crippen molar-refractivity contribution in [1.29, 1.82) is 0 Å². The highest BCUT2D eigenvalue weighted by Crippen LogP contribution is 2.17. The molecule has 1 heterocycles. The van der Waals surface area contributed by atoms with Crippen LogP contribution in [-0.2, 0) is 4.74 Å². The summed E-state index contributed by atoms with van der Waals surface area (Å²) in [5.41, 5.74) is 2.29. The van der Waals surface area contributed by atoms with Gasteiger partial charge in [-0.25, -0.2) is 4.79 Å². The second-order valence-corrected chi connectivity index (χ2v) is 6.09. The molecule has 2 N–H and O–H groups in total. The second-order valence-electron chi connectivity index (χ2n) is 6.09. The molecule has 0 aliphatic heterocycles. The number of hydrogen-bond acceptors (Lipinski definition) is 7. The normalized spacial score (nSPS) is 10.1. The first-order valence-corrected chi connectivity index (χ1v) is 8.68. The highest BCUT2D eigenvalue weighted by molar-refractivity contribution is 6.03. The van der Waals surface area contributed by atoms with Crippen LogP contribution in [-0.4, -0.2) is 35.0 Å². The van der Waals surface area contributed by atoms with Gasteiger partial charge in [0.25, 0.3) is 5.91 Å². The van der Waals surface area contributed by atoms with E-state index in [0.29, 0.717) is 28.3 Å². The van der Waals surface area contributed by atoms with Crippen molar-refractivity contribution in [3.05, 3.63) is 77.5 Å². The van der Waals surface area contributed by atoms with Crippen molar-refractivity contribution in [3.8, 4) is 0 Å². The molecule has 0 atom stereocenters. The number of aromatic nitrogens is 2. The Kier molecular flexibility index (Phi) is 5.94. The maximum absolute atomic E-state index is 12.3. The van der Waals surface area contributed by atoms with E-state index in [4.69, 9.17) is 0 Å². The number of rotatable bonds is 6. The van der Waals surface area contributed by atoms with E-state index in [1.165, 1.54) is 20.1 Å². The molecule has 8 nitrogen and oxygen atoms in total. The van der Waals surface area contributed by atoms with Crippen molar-refractivity contribution in [2.75, 3.05) is 17.7 Å². The van der Waals surface area contributed by atoms with Crippen LogP contribution in [0.2, 0.25) is 0 Å². The zero-order chi connectivity index (χ0) is 20.8. The molecule has 0 saturated carbocycles. The highest BCUT2D eigenvalue weighted by atomic mass is 16.5. The van der Waals surface area contributed by atoms with Gasteiger partial charge in [0.15, 0.2) is 17.3 Å². The van der Waals surface area contributed by atoms with Crippen LogP contribution in [0, 0.1) is 0 Å². The molecule has 0 aliphatic rings. The van der Waals surface area contributed by atoms with Gasteiger partial charge in [0.2, 0.25) is 0 Å². The predicted octanol–water partition coefficient (Wildman–Crippen LogP) is 3.46. The molecule has 0 fully saturated rings. The SMILES string of the molecule is COC(=O)c1ccc(NC(=O)c2ccc(Nc3cccc(C(C)=O)c3)nn2)cc1. The minimum atomic E-state index is -0.453. The number of ether oxygens (including phenoxy) is 1. The van der Waals surface area contributed by atoms with Gasteiger partial charge in [-0.05, 0) is 55.5 Å². The van der Waals surface area contributed by atoms with Gasteiger partial charge in [0, 0.05) is 16.9 Å². The Morgan fingerprint density at radius 1 is 0.862 bits per heavy atom. The van der Waals surface area contributed by atoms with Crippen molar-refractivity contribution in [1.82, 2.24) is 10.2 Å². The van der Waals surface area contributed by atoms with Gasteiger partial charge < -0.3 is 15.4 Å². The number of benzene rings is 2. The molecular formula is C21H18N4O4. The molecule has 146 valence electrons. The Hall–Kier alpha value is -4.07. The van der Waals surface area contributed by atoms with Crippen LogP contribution in [0.1, 0.15) is 38.1 Å². The highest BCUT2D eigenvalue weighted by Gasteiger charge is 2.10. The number of amides is 1. The lowest BCUT2D eigenvalue weighted by Crippen LogP contribution is -2.14. The summed E-state index contributed by atoms with van der Waals surface area (Å²) < 4.78 is 4.63. The average Bonchev–Trinajstić information content (AvgIpc) is 2.74. The second kappa shape index (κ2) is 8.75. The molecule has 1 aromatic heterocycles. The summed E-state index contributed by atoms with van der Waals surface area (Å²) in [7, 11) is 1.30. The van der Waals surface area contributed by atoms with E-state index >= 15 is 0 Å². The van der Waals surface area contributed by atoms with Gasteiger partial charge in [0.1, 0.15) is 0 Å². The summed E-state index contributed by atoms with van der Waals surface area (Å²) in [5.74, 6) is -0.491. The van der Waals surface area contributed by atoms with Crippen molar-refractivity contribution < 1.29 is 19.1 Å². The third-order valence-corrected chi connectivity index (χ3v) is 4.00. The van der Waals surface area contributed by atoms with Crippen molar-refractivity contribution in [2.45, 2.75) is 6.92 Å². The van der Waals surface area contributed by atoms with E-state index in [0.717, 1.165) is 0 Å². The van der Waals surface area contributed by atoms with Crippen molar-refractivity contribution in [2.24, 2.45) is 0 Å². The van der Waals surface area contributed by atoms with Gasteiger partial charge in [-0.2, -0.15) is 0 Å². The predicted molar refractivity (Wildman–Crippen MR) is 107 cm³/mol. The van der Waals surface area contributed by atoms with E-state index in [-0.39, 0.29) is 11.5 Å². The summed E-state index contributed by atoms with van der Waals surface area (Å²) in [6.45, 7) is 1.50. The lowest BCUT2D eigenvalue weighted by molar-refractivity contribution is 0.0600. The van der Waals surface area contributed by atoms with E-state index in [1.54, 1.807) is 54.6 Å². The Balaban J connectivity index is 1.65. The third-order valence-electron chi connectivity index (χ3n) is 4.00. The molecule has 0 aliphatic carbocycles. The van der Waals surface area contributed by atoms with Crippen LogP contribution < -0.4 is 10.6 Å². The standard InChI is InChI=1S/C21H18N4O4/c1-13(26)15-4-3-5-17(12-15)22-19-11-10-18(24-25-19)20(27)23-16-8-6-14(7-9-16)21(28)29-2/h3-12H,1-2H3,(H,22,25)(H,23,27). The topological polar surface area (TPSA) is 110 Å². The van der Waals surface area contributed by atoms with Crippen LogP contribution in [0.3, 0.4) is 0 Å². The van der Waals surface area contributed by atoms with Crippen molar-refractivity contribution >= 4 is 34.9 Å². The lowest BCUT2D eigenvalue weighted by Gasteiger charge is -2.08. The van der Waals surface area contributed by atoms with E-state index in [9.17, 15) is 14.4 Å². The zero-order valence-electron chi connectivity index (χ0n) is 15.8.